The van der Waals surface area contributed by atoms with Gasteiger partial charge in [0.2, 0.25) is 11.8 Å². The zero-order valence-corrected chi connectivity index (χ0v) is 54.5. The molecule has 9 rings (SSSR count). The summed E-state index contributed by atoms with van der Waals surface area (Å²) in [6.07, 6.45) is -34.1. The SMILES string of the molecule is CO[C@@H]1C[C@H](C(C)CC(=O)C=C(C)C)[C@@]2(C)CC[C@@]3(O)C(=C12)CCC1C(C)(C)[C@@H](O[C@@H]2OC[C@@H](O[C@@H]4OC(CO)[C@H](O)C(O)C4NC(C)=O)C(O)C2O[C@@H]2OC(CO[C@@H]4OC(CO)[C@@H](O)C(O)C4O[C@@H]4OC(CO)[C@@H](O)C(O)C4O)[C@@H](O)C(O)C2NC(C)=O)CC[C@@]13C. The molecular formula is C63H102N2O28. The van der Waals surface area contributed by atoms with Crippen LogP contribution in [-0.2, 0) is 66.5 Å². The minimum atomic E-state index is -2.00. The van der Waals surface area contributed by atoms with Crippen LogP contribution in [0.5, 0.6) is 0 Å². The predicted octanol–water partition coefficient (Wildman–Crippen LogP) is -3.94. The maximum absolute atomic E-state index is 13.6. The van der Waals surface area contributed by atoms with Crippen molar-refractivity contribution in [1.82, 2.24) is 10.6 Å². The van der Waals surface area contributed by atoms with Crippen molar-refractivity contribution in [1.29, 1.82) is 0 Å². The number of amides is 2. The van der Waals surface area contributed by atoms with E-state index >= 15 is 0 Å². The van der Waals surface area contributed by atoms with Gasteiger partial charge >= 0.3 is 0 Å². The Bertz CT molecular complexity index is 2650. The Labute approximate surface area is 540 Å². The third-order valence-corrected chi connectivity index (χ3v) is 22.1. The zero-order valence-electron chi connectivity index (χ0n) is 54.5. The number of rotatable bonds is 21. The molecule has 4 aliphatic carbocycles. The Balaban J connectivity index is 1.00. The highest BCUT2D eigenvalue weighted by Gasteiger charge is 2.68. The van der Waals surface area contributed by atoms with Gasteiger partial charge in [-0.15, -0.1) is 0 Å². The summed E-state index contributed by atoms with van der Waals surface area (Å²) in [6, 6.07) is -3.13. The van der Waals surface area contributed by atoms with Gasteiger partial charge in [0.05, 0.1) is 50.8 Å². The van der Waals surface area contributed by atoms with Crippen molar-refractivity contribution < 1.29 is 138 Å². The highest BCUT2D eigenvalue weighted by molar-refractivity contribution is 5.90. The van der Waals surface area contributed by atoms with Crippen molar-refractivity contribution >= 4 is 17.6 Å². The van der Waals surface area contributed by atoms with Crippen LogP contribution in [0.1, 0.15) is 114 Å². The smallest absolute Gasteiger partial charge is 0.217 e. The van der Waals surface area contributed by atoms with E-state index in [9.17, 15) is 85.9 Å². The summed E-state index contributed by atoms with van der Waals surface area (Å²) >= 11 is 0. The molecule has 0 aromatic carbocycles. The standard InChI is InChI=1S/C63H102N2O28/c1-25(2)17-29(71)18-26(3)31-19-32(83-10)40-30-11-12-38-60(6,7)39(13-14-62(38,9)63(30,82)16-15-61(31,40)8)91-59-53(47(76)37(24-85-59)90-55-41(64-27(4)69)48(77)43(72)33(20-66)86-55)92-56-42(65-28(5)70)49(78)46(75)36(89-56)23-84-58-54(51(80)45(74)35(22-68)88-58)93-57-52(81)50(79)44(73)34(21-67)87-57/h17,26,31-39,41-59,66-68,72-82H,11-16,18-24H2,1-10H3,(H,64,69)(H,65,70)/t26?,31-,32-,33?,34?,35?,36?,37-,38?,39+,41?,42?,43+,44-,45-,46-,47?,48?,49?,50?,51?,52?,53?,54?,55+,56+,57+,58-,59+,61-,62+,63-/m1/s1. The summed E-state index contributed by atoms with van der Waals surface area (Å²) in [5, 5.41) is 161. The Morgan fingerprint density at radius 2 is 1.14 bits per heavy atom. The van der Waals surface area contributed by atoms with E-state index in [0.29, 0.717) is 51.4 Å². The lowest BCUT2D eigenvalue weighted by Gasteiger charge is -2.65. The van der Waals surface area contributed by atoms with Crippen LogP contribution in [0.2, 0.25) is 0 Å². The van der Waals surface area contributed by atoms with Crippen molar-refractivity contribution in [3.8, 4) is 0 Å². The van der Waals surface area contributed by atoms with E-state index in [1.54, 1.807) is 13.2 Å². The summed E-state index contributed by atoms with van der Waals surface area (Å²) < 4.78 is 68.0. The Morgan fingerprint density at radius 3 is 1.72 bits per heavy atom. The molecule has 2 amide bonds. The molecule has 9 aliphatic rings. The fourth-order valence-corrected chi connectivity index (χ4v) is 17.1. The fourth-order valence-electron chi connectivity index (χ4n) is 17.1. The Kier molecular flexibility index (Phi) is 23.6. The Morgan fingerprint density at radius 1 is 0.613 bits per heavy atom. The molecule has 8 fully saturated rings. The number of aliphatic hydroxyl groups excluding tert-OH is 13. The second-order valence-electron chi connectivity index (χ2n) is 28.6. The van der Waals surface area contributed by atoms with Crippen molar-refractivity contribution in [3.63, 3.8) is 0 Å². The third-order valence-electron chi connectivity index (χ3n) is 22.1. The van der Waals surface area contributed by atoms with E-state index in [1.165, 1.54) is 0 Å². The van der Waals surface area contributed by atoms with Crippen LogP contribution in [0.4, 0.5) is 0 Å². The highest BCUT2D eigenvalue weighted by Crippen LogP contribution is 2.70. The minimum Gasteiger partial charge on any atom is -0.394 e. The molecule has 0 aromatic heterocycles. The fraction of sp³-hybridized carbons (Fsp3) is 0.889. The molecule has 532 valence electrons. The predicted molar refractivity (Wildman–Crippen MR) is 317 cm³/mol. The monoisotopic (exact) mass is 1330 g/mol. The Hall–Kier alpha value is -2.91. The molecule has 16 unspecified atom stereocenters. The normalized spacial score (nSPS) is 47.7. The zero-order chi connectivity index (χ0) is 68.3. The van der Waals surface area contributed by atoms with Gasteiger partial charge in [0.25, 0.3) is 0 Å². The summed E-state index contributed by atoms with van der Waals surface area (Å²) in [4.78, 5) is 38.6. The number of carbonyl (C=O) groups is 3. The highest BCUT2D eigenvalue weighted by atomic mass is 16.8. The van der Waals surface area contributed by atoms with Gasteiger partial charge in [-0.3, -0.25) is 14.4 Å². The third kappa shape index (κ3) is 14.2. The summed E-state index contributed by atoms with van der Waals surface area (Å²) in [7, 11) is 1.70. The van der Waals surface area contributed by atoms with Gasteiger partial charge in [-0.1, -0.05) is 40.2 Å². The first-order valence-electron chi connectivity index (χ1n) is 32.5. The molecule has 93 heavy (non-hydrogen) atoms. The van der Waals surface area contributed by atoms with Crippen LogP contribution >= 0.6 is 0 Å². The number of allylic oxidation sites excluding steroid dienone is 2. The summed E-state index contributed by atoms with van der Waals surface area (Å²) in [5.74, 6) is -1.36. The number of methoxy groups -OCH3 is 1. The second kappa shape index (κ2) is 29.5. The number of fused-ring (bicyclic) bond motifs is 4. The van der Waals surface area contributed by atoms with Crippen molar-refractivity contribution in [3.05, 3.63) is 22.8 Å². The molecule has 30 nitrogen and oxygen atoms in total. The van der Waals surface area contributed by atoms with Gasteiger partial charge in [0.15, 0.2) is 37.2 Å². The molecular weight excluding hydrogens is 1230 g/mol. The topological polar surface area (TPSA) is 460 Å². The number of hydrogen-bond acceptors (Lipinski definition) is 28. The molecule has 32 atom stereocenters. The number of ketones is 1. The maximum atomic E-state index is 13.6. The largest absolute Gasteiger partial charge is 0.394 e. The van der Waals surface area contributed by atoms with Gasteiger partial charge in [-0.05, 0) is 105 Å². The molecule has 0 aromatic rings. The molecule has 5 aliphatic heterocycles. The van der Waals surface area contributed by atoms with E-state index in [-0.39, 0.29) is 35.1 Å². The summed E-state index contributed by atoms with van der Waals surface area (Å²) in [5.41, 5.74) is -0.0157. The van der Waals surface area contributed by atoms with Crippen LogP contribution in [0.25, 0.3) is 0 Å². The molecule has 3 saturated carbocycles. The van der Waals surface area contributed by atoms with E-state index in [1.807, 2.05) is 27.7 Å². The van der Waals surface area contributed by atoms with Crippen LogP contribution < -0.4 is 10.6 Å². The number of ether oxygens (including phenoxy) is 11. The van der Waals surface area contributed by atoms with Crippen LogP contribution in [0, 0.1) is 34.0 Å². The molecule has 30 heteroatoms. The van der Waals surface area contributed by atoms with Gasteiger partial charge in [-0.2, -0.15) is 0 Å². The molecule has 0 spiro atoms. The minimum absolute atomic E-state index is 0.0467. The van der Waals surface area contributed by atoms with Crippen LogP contribution in [-0.4, -0.2) is 294 Å². The molecule has 5 saturated heterocycles. The van der Waals surface area contributed by atoms with Crippen molar-refractivity contribution in [2.24, 2.45) is 34.0 Å². The average Bonchev–Trinajstić information content (AvgIpc) is 1.67. The lowest BCUT2D eigenvalue weighted by molar-refractivity contribution is -0.380. The summed E-state index contributed by atoms with van der Waals surface area (Å²) in [6.45, 7) is 12.8. The second-order valence-corrected chi connectivity index (χ2v) is 28.6. The number of aliphatic hydroxyl groups is 14. The van der Waals surface area contributed by atoms with E-state index < -0.39 is 215 Å². The number of nitrogens with one attached hydrogen (secondary N) is 2. The lowest BCUT2D eigenvalue weighted by Crippen LogP contribution is -2.69. The van der Waals surface area contributed by atoms with Crippen LogP contribution in [0.3, 0.4) is 0 Å². The molecule has 16 N–H and O–H groups in total. The van der Waals surface area contributed by atoms with Gasteiger partial charge in [0, 0.05) is 32.8 Å². The number of hydrogen-bond donors (Lipinski definition) is 16. The van der Waals surface area contributed by atoms with E-state index in [2.05, 4.69) is 31.4 Å². The molecule has 5 heterocycles. The number of carbonyl (C=O) groups excluding carboxylic acids is 3. The van der Waals surface area contributed by atoms with Gasteiger partial charge in [-0.25, -0.2) is 0 Å². The molecule has 0 bridgehead atoms. The average molecular weight is 1340 g/mol. The van der Waals surface area contributed by atoms with Crippen molar-refractivity contribution in [2.45, 2.75) is 279 Å². The first-order chi connectivity index (χ1) is 43.7. The first-order valence-corrected chi connectivity index (χ1v) is 32.5. The van der Waals surface area contributed by atoms with Crippen molar-refractivity contribution in [2.75, 3.05) is 40.1 Å². The van der Waals surface area contributed by atoms with Crippen LogP contribution in [0.15, 0.2) is 22.8 Å². The maximum Gasteiger partial charge on any atom is 0.217 e. The van der Waals surface area contributed by atoms with Gasteiger partial charge in [0.1, 0.15) is 116 Å². The van der Waals surface area contributed by atoms with Gasteiger partial charge < -0.3 is 134 Å². The van der Waals surface area contributed by atoms with E-state index in [0.717, 1.165) is 30.6 Å². The first kappa shape index (κ1) is 74.3. The van der Waals surface area contributed by atoms with E-state index in [4.69, 9.17) is 52.1 Å². The molecule has 0 radical (unpaired) electrons. The lowest BCUT2D eigenvalue weighted by atomic mass is 9.42. The quantitative estimate of drug-likeness (QED) is 0.0296.